The number of aliphatic hydroxyl groups excluding tert-OH is 1. The molecule has 0 heterocycles. The average Bonchev–Trinajstić information content (AvgIpc) is 2.42. The fourth-order valence-electron chi connectivity index (χ4n) is 1.65. The Balaban J connectivity index is 2.41. The Bertz CT molecular complexity index is 656. The summed E-state index contributed by atoms with van der Waals surface area (Å²) in [5.41, 5.74) is -0.885. The van der Waals surface area contributed by atoms with E-state index < -0.39 is 29.9 Å². The minimum Gasteiger partial charge on any atom is -0.457 e. The second-order valence-electron chi connectivity index (χ2n) is 4.16. The average molecular weight is 365 g/mol. The van der Waals surface area contributed by atoms with Crippen molar-refractivity contribution in [2.24, 2.45) is 0 Å². The lowest BCUT2D eigenvalue weighted by Gasteiger charge is -2.15. The van der Waals surface area contributed by atoms with Gasteiger partial charge < -0.3 is 9.84 Å². The second-order valence-corrected chi connectivity index (χ2v) is 5.02. The second kappa shape index (κ2) is 6.03. The van der Waals surface area contributed by atoms with E-state index in [0.29, 0.717) is 0 Å². The molecule has 2 aromatic rings. The molecule has 0 saturated heterocycles. The van der Waals surface area contributed by atoms with Gasteiger partial charge in [0.25, 0.3) is 0 Å². The summed E-state index contributed by atoms with van der Waals surface area (Å²) in [5, 5.41) is 8.92. The molecule has 21 heavy (non-hydrogen) atoms. The van der Waals surface area contributed by atoms with Gasteiger partial charge in [0, 0.05) is 0 Å². The van der Waals surface area contributed by atoms with Crippen LogP contribution >= 0.6 is 15.9 Å². The van der Waals surface area contributed by atoms with Crippen molar-refractivity contribution >= 4 is 15.9 Å². The van der Waals surface area contributed by atoms with Gasteiger partial charge in [0.2, 0.25) is 0 Å². The SMILES string of the molecule is OCc1ccc(Oc2ccc(F)c(Br)c2)c(C(F)(F)F)c1. The molecule has 2 rings (SSSR count). The van der Waals surface area contributed by atoms with Crippen LogP contribution in [0.15, 0.2) is 40.9 Å². The number of ether oxygens (including phenoxy) is 1. The van der Waals surface area contributed by atoms with Crippen LogP contribution in [0.5, 0.6) is 11.5 Å². The van der Waals surface area contributed by atoms with Gasteiger partial charge in [-0.05, 0) is 51.8 Å². The van der Waals surface area contributed by atoms with E-state index in [4.69, 9.17) is 9.84 Å². The number of rotatable bonds is 3. The zero-order chi connectivity index (χ0) is 15.6. The highest BCUT2D eigenvalue weighted by Crippen LogP contribution is 2.39. The van der Waals surface area contributed by atoms with Crippen molar-refractivity contribution in [2.45, 2.75) is 12.8 Å². The molecule has 0 bridgehead atoms. The smallest absolute Gasteiger partial charge is 0.419 e. The molecule has 0 aromatic heterocycles. The third kappa shape index (κ3) is 3.74. The van der Waals surface area contributed by atoms with Gasteiger partial charge in [-0.15, -0.1) is 0 Å². The molecule has 0 spiro atoms. The molecule has 0 aliphatic rings. The topological polar surface area (TPSA) is 29.5 Å². The summed E-state index contributed by atoms with van der Waals surface area (Å²) in [4.78, 5) is 0. The molecule has 7 heteroatoms. The normalized spacial score (nSPS) is 11.5. The van der Waals surface area contributed by atoms with Crippen molar-refractivity contribution in [3.63, 3.8) is 0 Å². The molecule has 0 radical (unpaired) electrons. The zero-order valence-corrected chi connectivity index (χ0v) is 12.0. The number of benzene rings is 2. The maximum absolute atomic E-state index is 13.1. The van der Waals surface area contributed by atoms with Crippen molar-refractivity contribution in [2.75, 3.05) is 0 Å². The summed E-state index contributed by atoms with van der Waals surface area (Å²) in [5.74, 6) is -0.905. The van der Waals surface area contributed by atoms with Gasteiger partial charge in [-0.3, -0.25) is 0 Å². The van der Waals surface area contributed by atoms with Gasteiger partial charge in [-0.1, -0.05) is 6.07 Å². The number of halogens is 5. The van der Waals surface area contributed by atoms with E-state index in [1.165, 1.54) is 18.2 Å². The van der Waals surface area contributed by atoms with E-state index in [2.05, 4.69) is 15.9 Å². The Kier molecular flexibility index (Phi) is 4.53. The third-order valence-electron chi connectivity index (χ3n) is 2.65. The lowest BCUT2D eigenvalue weighted by Crippen LogP contribution is -2.08. The zero-order valence-electron chi connectivity index (χ0n) is 10.4. The van der Waals surface area contributed by atoms with E-state index in [9.17, 15) is 17.6 Å². The van der Waals surface area contributed by atoms with Gasteiger partial charge >= 0.3 is 6.18 Å². The van der Waals surface area contributed by atoms with Crippen LogP contribution in [0.3, 0.4) is 0 Å². The first-order valence-corrected chi connectivity index (χ1v) is 6.54. The van der Waals surface area contributed by atoms with E-state index in [1.807, 2.05) is 0 Å². The minimum atomic E-state index is -4.63. The van der Waals surface area contributed by atoms with Crippen molar-refractivity contribution in [1.29, 1.82) is 0 Å². The van der Waals surface area contributed by atoms with Crippen LogP contribution in [0.4, 0.5) is 17.6 Å². The molecule has 0 unspecified atom stereocenters. The monoisotopic (exact) mass is 364 g/mol. The van der Waals surface area contributed by atoms with Gasteiger partial charge in [-0.2, -0.15) is 13.2 Å². The summed E-state index contributed by atoms with van der Waals surface area (Å²) in [6.45, 7) is -0.508. The summed E-state index contributed by atoms with van der Waals surface area (Å²) < 4.78 is 57.3. The third-order valence-corrected chi connectivity index (χ3v) is 3.26. The fourth-order valence-corrected chi connectivity index (χ4v) is 2.01. The van der Waals surface area contributed by atoms with E-state index in [1.54, 1.807) is 0 Å². The van der Waals surface area contributed by atoms with Gasteiger partial charge in [0.05, 0.1) is 16.6 Å². The van der Waals surface area contributed by atoms with Crippen molar-refractivity contribution in [3.8, 4) is 11.5 Å². The lowest BCUT2D eigenvalue weighted by molar-refractivity contribution is -0.138. The summed E-state index contributed by atoms with van der Waals surface area (Å²) in [6.07, 6.45) is -4.63. The molecular formula is C14H9BrF4O2. The van der Waals surface area contributed by atoms with E-state index in [0.717, 1.165) is 18.2 Å². The number of hydrogen-bond donors (Lipinski definition) is 1. The highest BCUT2D eigenvalue weighted by Gasteiger charge is 2.34. The molecule has 0 aliphatic heterocycles. The lowest BCUT2D eigenvalue weighted by atomic mass is 10.1. The molecule has 0 atom stereocenters. The van der Waals surface area contributed by atoms with Crippen LogP contribution in [0, 0.1) is 5.82 Å². The molecule has 2 aromatic carbocycles. The Labute approximate surface area is 126 Å². The quantitative estimate of drug-likeness (QED) is 0.785. The van der Waals surface area contributed by atoms with Crippen molar-refractivity contribution < 1.29 is 27.4 Å². The van der Waals surface area contributed by atoms with Gasteiger partial charge in [0.15, 0.2) is 0 Å². The first kappa shape index (κ1) is 15.8. The highest BCUT2D eigenvalue weighted by molar-refractivity contribution is 9.10. The Hall–Kier alpha value is -1.60. The highest BCUT2D eigenvalue weighted by atomic mass is 79.9. The van der Waals surface area contributed by atoms with Crippen LogP contribution in [0.2, 0.25) is 0 Å². The molecule has 0 amide bonds. The number of hydrogen-bond acceptors (Lipinski definition) is 2. The maximum atomic E-state index is 13.1. The Morgan fingerprint density at radius 3 is 2.38 bits per heavy atom. The van der Waals surface area contributed by atoms with E-state index in [-0.39, 0.29) is 15.8 Å². The summed E-state index contributed by atoms with van der Waals surface area (Å²) >= 11 is 2.93. The standard InChI is InChI=1S/C14H9BrF4O2/c15-11-6-9(2-3-12(11)16)21-13-4-1-8(7-20)5-10(13)14(17,18)19/h1-6,20H,7H2. The van der Waals surface area contributed by atoms with Gasteiger partial charge in [-0.25, -0.2) is 4.39 Å². The fraction of sp³-hybridized carbons (Fsp3) is 0.143. The molecule has 0 saturated carbocycles. The Morgan fingerprint density at radius 1 is 1.10 bits per heavy atom. The first-order chi connectivity index (χ1) is 9.81. The van der Waals surface area contributed by atoms with Crippen molar-refractivity contribution in [3.05, 3.63) is 57.8 Å². The minimum absolute atomic E-state index is 0.0607. The van der Waals surface area contributed by atoms with E-state index >= 15 is 0 Å². The predicted molar refractivity (Wildman–Crippen MR) is 71.5 cm³/mol. The largest absolute Gasteiger partial charge is 0.457 e. The molecule has 0 aliphatic carbocycles. The summed E-state index contributed by atoms with van der Waals surface area (Å²) in [6, 6.07) is 6.78. The number of alkyl halides is 3. The van der Waals surface area contributed by atoms with Crippen LogP contribution in [-0.2, 0) is 12.8 Å². The summed E-state index contributed by atoms with van der Waals surface area (Å²) in [7, 11) is 0. The van der Waals surface area contributed by atoms with Crippen LogP contribution in [0.25, 0.3) is 0 Å². The van der Waals surface area contributed by atoms with Crippen molar-refractivity contribution in [1.82, 2.24) is 0 Å². The Morgan fingerprint density at radius 2 is 1.81 bits per heavy atom. The molecule has 0 fully saturated rings. The van der Waals surface area contributed by atoms with Crippen LogP contribution < -0.4 is 4.74 Å². The molecule has 2 nitrogen and oxygen atoms in total. The van der Waals surface area contributed by atoms with Crippen LogP contribution in [0.1, 0.15) is 11.1 Å². The molecular weight excluding hydrogens is 356 g/mol. The molecule has 1 N–H and O–H groups in total. The molecule has 112 valence electrons. The maximum Gasteiger partial charge on any atom is 0.419 e. The number of aliphatic hydroxyl groups is 1. The predicted octanol–water partition coefficient (Wildman–Crippen LogP) is 4.89. The van der Waals surface area contributed by atoms with Crippen LogP contribution in [-0.4, -0.2) is 5.11 Å². The first-order valence-electron chi connectivity index (χ1n) is 5.75. The van der Waals surface area contributed by atoms with Gasteiger partial charge in [0.1, 0.15) is 17.3 Å².